The monoisotopic (exact) mass is 275 g/mol. The van der Waals surface area contributed by atoms with Gasteiger partial charge in [0.05, 0.1) is 25.0 Å². The fraction of sp³-hybridized carbons (Fsp3) is 0.571. The van der Waals surface area contributed by atoms with Crippen LogP contribution in [0.4, 0.5) is 0 Å². The molecule has 2 aromatic rings. The van der Waals surface area contributed by atoms with Crippen molar-refractivity contribution in [1.82, 2.24) is 15.0 Å². The van der Waals surface area contributed by atoms with Gasteiger partial charge in [-0.25, -0.2) is 0 Å². The van der Waals surface area contributed by atoms with Crippen molar-refractivity contribution >= 4 is 0 Å². The first kappa shape index (κ1) is 12.1. The average Bonchev–Trinajstić information content (AvgIpc) is 2.87. The molecule has 3 heterocycles. The van der Waals surface area contributed by atoms with Crippen molar-refractivity contribution in [3.8, 4) is 0 Å². The van der Waals surface area contributed by atoms with Gasteiger partial charge in [-0.2, -0.15) is 4.98 Å². The van der Waals surface area contributed by atoms with E-state index in [0.717, 1.165) is 24.4 Å². The molecule has 6 nitrogen and oxygen atoms in total. The molecule has 1 aliphatic heterocycles. The molecule has 2 atom stereocenters. The minimum Gasteiger partial charge on any atom is -0.468 e. The fourth-order valence-electron chi connectivity index (χ4n) is 2.80. The maximum Gasteiger partial charge on any atom is 0.244 e. The predicted octanol–water partition coefficient (Wildman–Crippen LogP) is 1.85. The Morgan fingerprint density at radius 1 is 1.40 bits per heavy atom. The van der Waals surface area contributed by atoms with Crippen molar-refractivity contribution in [2.24, 2.45) is 0 Å². The third-order valence-corrected chi connectivity index (χ3v) is 4.01. The first-order valence-electron chi connectivity index (χ1n) is 7.07. The summed E-state index contributed by atoms with van der Waals surface area (Å²) in [5, 5.41) is 14.0. The molecule has 0 amide bonds. The summed E-state index contributed by atoms with van der Waals surface area (Å²) in [7, 11) is 0. The van der Waals surface area contributed by atoms with Crippen LogP contribution in [0.1, 0.15) is 48.7 Å². The SMILES string of the molecule is O[C@@H]1C[C@@H](c2nc(C3CC3)no2)N(Cc2ccco2)C1. The number of aliphatic hydroxyl groups is 1. The highest BCUT2D eigenvalue weighted by Gasteiger charge is 2.37. The molecule has 0 spiro atoms. The van der Waals surface area contributed by atoms with E-state index in [1.54, 1.807) is 6.26 Å². The van der Waals surface area contributed by atoms with Gasteiger partial charge in [0.2, 0.25) is 5.89 Å². The zero-order valence-corrected chi connectivity index (χ0v) is 11.1. The van der Waals surface area contributed by atoms with Crippen LogP contribution < -0.4 is 0 Å². The van der Waals surface area contributed by atoms with Crippen LogP contribution in [0.15, 0.2) is 27.3 Å². The van der Waals surface area contributed by atoms with Crippen LogP contribution in [-0.4, -0.2) is 32.8 Å². The fourth-order valence-corrected chi connectivity index (χ4v) is 2.80. The summed E-state index contributed by atoms with van der Waals surface area (Å²) < 4.78 is 10.8. The number of aromatic nitrogens is 2. The summed E-state index contributed by atoms with van der Waals surface area (Å²) in [6, 6.07) is 3.79. The molecule has 1 saturated carbocycles. The molecule has 0 unspecified atom stereocenters. The van der Waals surface area contributed by atoms with Crippen molar-refractivity contribution in [3.05, 3.63) is 35.9 Å². The molecule has 20 heavy (non-hydrogen) atoms. The molecule has 1 aliphatic carbocycles. The maximum absolute atomic E-state index is 9.93. The Labute approximate surface area is 116 Å². The summed E-state index contributed by atoms with van der Waals surface area (Å²) in [4.78, 5) is 6.64. The molecule has 0 radical (unpaired) electrons. The van der Waals surface area contributed by atoms with E-state index in [1.807, 2.05) is 12.1 Å². The van der Waals surface area contributed by atoms with Crippen molar-refractivity contribution in [3.63, 3.8) is 0 Å². The van der Waals surface area contributed by atoms with E-state index in [0.29, 0.717) is 31.3 Å². The smallest absolute Gasteiger partial charge is 0.244 e. The van der Waals surface area contributed by atoms with Gasteiger partial charge in [0, 0.05) is 12.5 Å². The Hall–Kier alpha value is -1.66. The highest BCUT2D eigenvalue weighted by Crippen LogP contribution is 2.40. The number of likely N-dealkylation sites (tertiary alicyclic amines) is 1. The van der Waals surface area contributed by atoms with Crippen LogP contribution in [0, 0.1) is 0 Å². The predicted molar refractivity (Wildman–Crippen MR) is 68.8 cm³/mol. The Bertz CT molecular complexity index is 576. The van der Waals surface area contributed by atoms with E-state index in [9.17, 15) is 5.11 Å². The molecule has 0 aromatic carbocycles. The lowest BCUT2D eigenvalue weighted by Crippen LogP contribution is -2.24. The standard InChI is InChI=1S/C14H17N3O3/c18-10-6-12(14-15-13(16-20-14)9-3-4-9)17(7-10)8-11-2-1-5-19-11/h1-2,5,9-10,12,18H,3-4,6-8H2/t10-,12+/m1/s1. The summed E-state index contributed by atoms with van der Waals surface area (Å²) in [5.41, 5.74) is 0. The lowest BCUT2D eigenvalue weighted by atomic mass is 10.2. The molecule has 6 heteroatoms. The molecule has 0 bridgehead atoms. The van der Waals surface area contributed by atoms with Crippen molar-refractivity contribution < 1.29 is 14.0 Å². The summed E-state index contributed by atoms with van der Waals surface area (Å²) in [6.07, 6.45) is 4.25. The van der Waals surface area contributed by atoms with E-state index >= 15 is 0 Å². The number of rotatable bonds is 4. The van der Waals surface area contributed by atoms with Crippen molar-refractivity contribution in [2.45, 2.75) is 43.9 Å². The van der Waals surface area contributed by atoms with Crippen LogP contribution in [0.25, 0.3) is 0 Å². The van der Waals surface area contributed by atoms with Crippen LogP contribution in [0.3, 0.4) is 0 Å². The minimum atomic E-state index is -0.355. The van der Waals surface area contributed by atoms with Gasteiger partial charge in [-0.05, 0) is 31.4 Å². The zero-order valence-electron chi connectivity index (χ0n) is 11.1. The second kappa shape index (κ2) is 4.71. The van der Waals surface area contributed by atoms with Gasteiger partial charge in [0.15, 0.2) is 5.82 Å². The number of furan rings is 1. The molecule has 2 aliphatic rings. The maximum atomic E-state index is 9.93. The summed E-state index contributed by atoms with van der Waals surface area (Å²) in [5.74, 6) is 2.80. The van der Waals surface area contributed by atoms with Crippen molar-refractivity contribution in [2.75, 3.05) is 6.54 Å². The molecule has 2 fully saturated rings. The summed E-state index contributed by atoms with van der Waals surface area (Å²) in [6.45, 7) is 1.25. The Kier molecular flexibility index (Phi) is 2.85. The largest absolute Gasteiger partial charge is 0.468 e. The third-order valence-electron chi connectivity index (χ3n) is 4.01. The van der Waals surface area contributed by atoms with E-state index in [-0.39, 0.29) is 12.1 Å². The highest BCUT2D eigenvalue weighted by molar-refractivity contribution is 5.07. The zero-order chi connectivity index (χ0) is 13.5. The molecular formula is C14H17N3O3. The molecule has 106 valence electrons. The topological polar surface area (TPSA) is 75.5 Å². The van der Waals surface area contributed by atoms with Crippen LogP contribution in [0.2, 0.25) is 0 Å². The molecule has 1 saturated heterocycles. The third kappa shape index (κ3) is 2.25. The lowest BCUT2D eigenvalue weighted by molar-refractivity contribution is 0.163. The normalized spacial score (nSPS) is 27.2. The number of β-amino-alcohol motifs (C(OH)–C–C–N with tert-alkyl or cyclic N) is 1. The number of nitrogens with zero attached hydrogens (tertiary/aromatic N) is 3. The number of aliphatic hydroxyl groups excluding tert-OH is 1. The van der Waals surface area contributed by atoms with Gasteiger partial charge >= 0.3 is 0 Å². The van der Waals surface area contributed by atoms with Crippen LogP contribution in [-0.2, 0) is 6.54 Å². The number of hydrogen-bond donors (Lipinski definition) is 1. The quantitative estimate of drug-likeness (QED) is 0.917. The lowest BCUT2D eigenvalue weighted by Gasteiger charge is -2.19. The van der Waals surface area contributed by atoms with Crippen LogP contribution >= 0.6 is 0 Å². The van der Waals surface area contributed by atoms with E-state index < -0.39 is 0 Å². The molecular weight excluding hydrogens is 258 g/mol. The van der Waals surface area contributed by atoms with Crippen molar-refractivity contribution in [1.29, 1.82) is 0 Å². The van der Waals surface area contributed by atoms with Gasteiger partial charge in [0.1, 0.15) is 5.76 Å². The Morgan fingerprint density at radius 2 is 2.30 bits per heavy atom. The average molecular weight is 275 g/mol. The van der Waals surface area contributed by atoms with E-state index in [2.05, 4.69) is 15.0 Å². The van der Waals surface area contributed by atoms with Gasteiger partial charge in [-0.1, -0.05) is 5.16 Å². The van der Waals surface area contributed by atoms with Gasteiger partial charge in [-0.15, -0.1) is 0 Å². The highest BCUT2D eigenvalue weighted by atomic mass is 16.5. The van der Waals surface area contributed by atoms with E-state index in [1.165, 1.54) is 0 Å². The van der Waals surface area contributed by atoms with Crippen LogP contribution in [0.5, 0.6) is 0 Å². The van der Waals surface area contributed by atoms with E-state index in [4.69, 9.17) is 8.94 Å². The Balaban J connectivity index is 1.54. The second-order valence-electron chi connectivity index (χ2n) is 5.68. The van der Waals surface area contributed by atoms with Gasteiger partial charge in [-0.3, -0.25) is 4.90 Å². The second-order valence-corrected chi connectivity index (χ2v) is 5.68. The van der Waals surface area contributed by atoms with Gasteiger partial charge in [0.25, 0.3) is 0 Å². The number of hydrogen-bond acceptors (Lipinski definition) is 6. The molecule has 4 rings (SSSR count). The minimum absolute atomic E-state index is 0.0184. The summed E-state index contributed by atoms with van der Waals surface area (Å²) >= 11 is 0. The van der Waals surface area contributed by atoms with Gasteiger partial charge < -0.3 is 14.0 Å². The molecule has 2 aromatic heterocycles. The molecule has 1 N–H and O–H groups in total. The Morgan fingerprint density at radius 3 is 3.05 bits per heavy atom. The first-order valence-corrected chi connectivity index (χ1v) is 7.07. The first-order chi connectivity index (χ1) is 9.79.